The Balaban J connectivity index is 0. The predicted molar refractivity (Wildman–Crippen MR) is 88.5 cm³/mol. The molecule has 1 saturated carbocycles. The first-order chi connectivity index (χ1) is 9.99. The predicted octanol–water partition coefficient (Wildman–Crippen LogP) is 2.06. The van der Waals surface area contributed by atoms with Crippen LogP contribution in [0.1, 0.15) is 43.4 Å². The number of carbonyl (C=O) groups is 1. The van der Waals surface area contributed by atoms with E-state index in [1.807, 2.05) is 0 Å². The Morgan fingerprint density at radius 3 is 2.10 bits per heavy atom. The van der Waals surface area contributed by atoms with Gasteiger partial charge in [0.05, 0.1) is 31.8 Å². The summed E-state index contributed by atoms with van der Waals surface area (Å²) in [6, 6.07) is 0.495. The van der Waals surface area contributed by atoms with Gasteiger partial charge in [-0.2, -0.15) is 0 Å². The maximum Gasteiger partial charge on any atom is 0.226 e. The van der Waals surface area contributed by atoms with Crippen LogP contribution in [0.15, 0.2) is 0 Å². The molecule has 21 heavy (non-hydrogen) atoms. The van der Waals surface area contributed by atoms with Gasteiger partial charge in [-0.15, -0.1) is 0 Å². The van der Waals surface area contributed by atoms with Crippen molar-refractivity contribution in [3.63, 3.8) is 0 Å². The Bertz CT molecular complexity index is 312. The molecular formula is C16H36N2O3. The molecule has 0 unspecified atom stereocenters. The molecule has 0 aromatic carbocycles. The molecule has 0 aromatic rings. The Morgan fingerprint density at radius 2 is 1.62 bits per heavy atom. The molecule has 128 valence electrons. The molecular weight excluding hydrogens is 268 g/mol. The Morgan fingerprint density at radius 1 is 1.05 bits per heavy atom. The number of ether oxygens (including phenoxy) is 2. The number of hydrogen-bond acceptors (Lipinski definition) is 4. The lowest BCUT2D eigenvalue weighted by Crippen LogP contribution is -2.37. The number of rotatable bonds is 12. The first-order valence-electron chi connectivity index (χ1n) is 8.16. The first kappa shape index (κ1) is 18.4. The third kappa shape index (κ3) is 6.76. The molecule has 0 radical (unpaired) electrons. The van der Waals surface area contributed by atoms with E-state index in [0.29, 0.717) is 44.9 Å². The number of amides is 1. The quantitative estimate of drug-likeness (QED) is 0.542. The fraction of sp³-hybridized carbons (Fsp3) is 0.938. The minimum absolute atomic E-state index is 0. The van der Waals surface area contributed by atoms with E-state index < -0.39 is 0 Å². The van der Waals surface area contributed by atoms with Gasteiger partial charge in [-0.05, 0) is 18.8 Å². The lowest BCUT2D eigenvalue weighted by atomic mass is 9.91. The average molecular weight is 304 g/mol. The molecule has 0 aliphatic heterocycles. The minimum atomic E-state index is -0.0907. The molecule has 0 saturated heterocycles. The smallest absolute Gasteiger partial charge is 0.226 e. The zero-order valence-electron chi connectivity index (χ0n) is 14.0. The van der Waals surface area contributed by atoms with Gasteiger partial charge in [-0.3, -0.25) is 4.79 Å². The van der Waals surface area contributed by atoms with Crippen LogP contribution in [0.3, 0.4) is 0 Å². The van der Waals surface area contributed by atoms with Crippen molar-refractivity contribution in [1.29, 1.82) is 0 Å². The molecule has 5 nitrogen and oxygen atoms in total. The van der Waals surface area contributed by atoms with E-state index in [4.69, 9.17) is 9.47 Å². The van der Waals surface area contributed by atoms with Crippen LogP contribution in [-0.2, 0) is 14.3 Å². The van der Waals surface area contributed by atoms with Crippen LogP contribution < -0.4 is 10.6 Å². The van der Waals surface area contributed by atoms with Crippen molar-refractivity contribution in [2.75, 3.05) is 39.5 Å². The molecule has 1 fully saturated rings. The van der Waals surface area contributed by atoms with Gasteiger partial charge < -0.3 is 20.1 Å². The number of carbonyl (C=O) groups excluding carboxylic acids is 1. The second kappa shape index (κ2) is 9.38. The molecule has 0 aromatic heterocycles. The molecule has 1 aliphatic carbocycles. The van der Waals surface area contributed by atoms with Gasteiger partial charge in [0.2, 0.25) is 5.91 Å². The van der Waals surface area contributed by atoms with Crippen LogP contribution in [0.5, 0.6) is 0 Å². The van der Waals surface area contributed by atoms with Crippen LogP contribution >= 0.6 is 0 Å². The van der Waals surface area contributed by atoms with Gasteiger partial charge in [0.25, 0.3) is 0 Å². The van der Waals surface area contributed by atoms with Crippen LogP contribution in [0.4, 0.5) is 0 Å². The summed E-state index contributed by atoms with van der Waals surface area (Å²) in [5.74, 6) is 0.614. The maximum atomic E-state index is 12.0. The van der Waals surface area contributed by atoms with Crippen LogP contribution in [0.2, 0.25) is 0 Å². The lowest BCUT2D eigenvalue weighted by molar-refractivity contribution is -0.128. The fourth-order valence-corrected chi connectivity index (χ4v) is 2.36. The van der Waals surface area contributed by atoms with Gasteiger partial charge in [0, 0.05) is 22.0 Å². The normalized spacial score (nSPS) is 16.5. The molecule has 0 atom stereocenters. The lowest BCUT2D eigenvalue weighted by Gasteiger charge is -2.18. The number of hydrogen-bond donors (Lipinski definition) is 2. The van der Waals surface area contributed by atoms with Gasteiger partial charge >= 0.3 is 0 Å². The van der Waals surface area contributed by atoms with Gasteiger partial charge in [-0.25, -0.2) is 0 Å². The molecule has 0 heterocycles. The summed E-state index contributed by atoms with van der Waals surface area (Å²) in [5.41, 5.74) is -0.0907. The zero-order chi connectivity index (χ0) is 15.7. The van der Waals surface area contributed by atoms with Crippen molar-refractivity contribution in [2.45, 2.75) is 46.6 Å². The molecule has 0 spiro atoms. The van der Waals surface area contributed by atoms with E-state index >= 15 is 0 Å². The van der Waals surface area contributed by atoms with Crippen molar-refractivity contribution in [3.8, 4) is 0 Å². The van der Waals surface area contributed by atoms with Gasteiger partial charge in [-0.1, -0.05) is 27.7 Å². The van der Waals surface area contributed by atoms with Gasteiger partial charge in [0.15, 0.2) is 0 Å². The summed E-state index contributed by atoms with van der Waals surface area (Å²) in [6.45, 7) is 12.3. The van der Waals surface area contributed by atoms with E-state index in [0.717, 1.165) is 19.4 Å². The summed E-state index contributed by atoms with van der Waals surface area (Å²) in [4.78, 5) is 12.0. The van der Waals surface area contributed by atoms with Crippen molar-refractivity contribution in [3.05, 3.63) is 0 Å². The zero-order valence-corrected chi connectivity index (χ0v) is 14.0. The topological polar surface area (TPSA) is 59.6 Å². The SMILES string of the molecule is CC(C)NCCOCCOCCNC(=O)C1(C(C)C)CC1.[HH].[HH]. The third-order valence-corrected chi connectivity index (χ3v) is 4.05. The monoisotopic (exact) mass is 304 g/mol. The van der Waals surface area contributed by atoms with Crippen molar-refractivity contribution in [1.82, 2.24) is 10.6 Å². The van der Waals surface area contributed by atoms with Crippen molar-refractivity contribution >= 4 is 5.91 Å². The second-order valence-corrected chi connectivity index (χ2v) is 6.40. The highest BCUT2D eigenvalue weighted by Gasteiger charge is 2.51. The third-order valence-electron chi connectivity index (χ3n) is 4.05. The largest absolute Gasteiger partial charge is 0.378 e. The number of nitrogens with one attached hydrogen (secondary N) is 2. The highest BCUT2D eigenvalue weighted by molar-refractivity contribution is 5.85. The van der Waals surface area contributed by atoms with E-state index in [-0.39, 0.29) is 14.2 Å². The molecule has 1 rings (SSSR count). The van der Waals surface area contributed by atoms with E-state index in [9.17, 15) is 4.79 Å². The first-order valence-corrected chi connectivity index (χ1v) is 8.16. The van der Waals surface area contributed by atoms with Gasteiger partial charge in [0.1, 0.15) is 0 Å². The van der Waals surface area contributed by atoms with Crippen LogP contribution in [-0.4, -0.2) is 51.5 Å². The molecule has 1 amide bonds. The molecule has 0 bridgehead atoms. The highest BCUT2D eigenvalue weighted by Crippen LogP contribution is 2.51. The molecule has 5 heteroatoms. The van der Waals surface area contributed by atoms with E-state index in [1.54, 1.807) is 0 Å². The second-order valence-electron chi connectivity index (χ2n) is 6.40. The Kier molecular flexibility index (Phi) is 8.22. The summed E-state index contributed by atoms with van der Waals surface area (Å²) in [7, 11) is 0. The fourth-order valence-electron chi connectivity index (χ4n) is 2.36. The standard InChI is InChI=1S/C16H32N2O3.2H2/c1-13(2)16(5-6-16)15(19)18-8-10-21-12-11-20-9-7-17-14(3)4;;/h13-14,17H,5-12H2,1-4H3,(H,18,19);2*1H. The highest BCUT2D eigenvalue weighted by atomic mass is 16.5. The molecule has 1 aliphatic rings. The Labute approximate surface area is 132 Å². The minimum Gasteiger partial charge on any atom is -0.378 e. The van der Waals surface area contributed by atoms with Crippen LogP contribution in [0.25, 0.3) is 0 Å². The summed E-state index contributed by atoms with van der Waals surface area (Å²) < 4.78 is 10.9. The molecule has 2 N–H and O–H groups in total. The average Bonchev–Trinajstić information content (AvgIpc) is 3.21. The van der Waals surface area contributed by atoms with Crippen LogP contribution in [0, 0.1) is 11.3 Å². The van der Waals surface area contributed by atoms with Crippen molar-refractivity contribution in [2.24, 2.45) is 11.3 Å². The van der Waals surface area contributed by atoms with Crippen molar-refractivity contribution < 1.29 is 17.1 Å². The Hall–Kier alpha value is -0.650. The maximum absolute atomic E-state index is 12.0. The van der Waals surface area contributed by atoms with E-state index in [2.05, 4.69) is 38.3 Å². The summed E-state index contributed by atoms with van der Waals surface area (Å²) >= 11 is 0. The summed E-state index contributed by atoms with van der Waals surface area (Å²) in [6.07, 6.45) is 2.05. The summed E-state index contributed by atoms with van der Waals surface area (Å²) in [5, 5.41) is 6.26. The van der Waals surface area contributed by atoms with E-state index in [1.165, 1.54) is 0 Å².